The van der Waals surface area contributed by atoms with Crippen LogP contribution >= 0.6 is 0 Å². The van der Waals surface area contributed by atoms with Crippen LogP contribution in [0.25, 0.3) is 0 Å². The molecule has 1 rings (SSSR count). The van der Waals surface area contributed by atoms with Gasteiger partial charge in [0.1, 0.15) is 6.34 Å². The number of amidine groups is 1. The Hall–Kier alpha value is -2.68. The van der Waals surface area contributed by atoms with Gasteiger partial charge in [-0.2, -0.15) is 5.26 Å². The molecule has 0 fully saturated rings. The Morgan fingerprint density at radius 1 is 1.47 bits per heavy atom. The van der Waals surface area contributed by atoms with Crippen molar-refractivity contribution in [1.29, 1.82) is 5.26 Å². The zero-order chi connectivity index (χ0) is 12.7. The highest BCUT2D eigenvalue weighted by Gasteiger charge is 2.03. The van der Waals surface area contributed by atoms with Gasteiger partial charge in [0.15, 0.2) is 0 Å². The summed E-state index contributed by atoms with van der Waals surface area (Å²) in [6.07, 6.45) is 1.15. The molecule has 0 unspecified atom stereocenters. The minimum atomic E-state index is -0.712. The molecule has 0 bridgehead atoms. The van der Waals surface area contributed by atoms with E-state index in [1.54, 1.807) is 24.3 Å². The molecule has 0 aromatic heterocycles. The zero-order valence-corrected chi connectivity index (χ0v) is 9.12. The van der Waals surface area contributed by atoms with E-state index < -0.39 is 5.97 Å². The summed E-state index contributed by atoms with van der Waals surface area (Å²) in [5.74, 6) is -0.985. The summed E-state index contributed by atoms with van der Waals surface area (Å²) in [6, 6.07) is 8.54. The Balaban J connectivity index is 2.71. The van der Waals surface area contributed by atoms with Crippen LogP contribution in [0.4, 0.5) is 5.69 Å². The number of nitrogens with zero attached hydrogens (tertiary/aromatic N) is 3. The summed E-state index contributed by atoms with van der Waals surface area (Å²) in [7, 11) is 1.21. The van der Waals surface area contributed by atoms with Gasteiger partial charge in [-0.15, -0.1) is 0 Å². The number of hydrogen-bond acceptors (Lipinski definition) is 4. The van der Waals surface area contributed by atoms with Crippen LogP contribution in [-0.2, 0) is 9.53 Å². The van der Waals surface area contributed by atoms with Crippen molar-refractivity contribution < 1.29 is 9.53 Å². The number of ether oxygens (including phenoxy) is 1. The van der Waals surface area contributed by atoms with E-state index in [4.69, 9.17) is 11.0 Å². The lowest BCUT2D eigenvalue weighted by Crippen LogP contribution is -2.24. The number of methoxy groups -OCH3 is 1. The number of rotatable bonds is 2. The van der Waals surface area contributed by atoms with Crippen molar-refractivity contribution in [2.75, 3.05) is 7.11 Å². The number of benzene rings is 1. The molecule has 1 aromatic carbocycles. The lowest BCUT2D eigenvalue weighted by atomic mass is 10.2. The van der Waals surface area contributed by atoms with Gasteiger partial charge < -0.3 is 10.5 Å². The van der Waals surface area contributed by atoms with Crippen molar-refractivity contribution in [2.45, 2.75) is 0 Å². The number of esters is 1. The molecule has 0 saturated carbocycles. The lowest BCUT2D eigenvalue weighted by Gasteiger charge is -1.94. The molecule has 0 saturated heterocycles. The quantitative estimate of drug-likeness (QED) is 0.460. The first-order valence-electron chi connectivity index (χ1n) is 4.61. The normalized spacial score (nSPS) is 11.2. The van der Waals surface area contributed by atoms with Crippen molar-refractivity contribution in [3.63, 3.8) is 0 Å². The van der Waals surface area contributed by atoms with E-state index in [0.717, 1.165) is 6.34 Å². The Kier molecular flexibility index (Phi) is 4.39. The Labute approximate surface area is 98.1 Å². The van der Waals surface area contributed by atoms with Crippen molar-refractivity contribution in [1.82, 2.24) is 0 Å². The first-order chi connectivity index (χ1) is 8.17. The molecule has 2 N–H and O–H groups in total. The number of carbonyl (C=O) groups excluding carboxylic acids is 1. The maximum absolute atomic E-state index is 10.9. The third-order valence-corrected chi connectivity index (χ3v) is 1.79. The van der Waals surface area contributed by atoms with Crippen LogP contribution in [0.3, 0.4) is 0 Å². The van der Waals surface area contributed by atoms with Gasteiger partial charge in [0.25, 0.3) is 0 Å². The maximum Gasteiger partial charge on any atom is 0.373 e. The van der Waals surface area contributed by atoms with Crippen LogP contribution in [0.2, 0.25) is 0 Å². The van der Waals surface area contributed by atoms with Crippen LogP contribution < -0.4 is 5.73 Å². The van der Waals surface area contributed by atoms with Crippen LogP contribution in [0.1, 0.15) is 5.56 Å². The molecule has 0 radical (unpaired) electrons. The van der Waals surface area contributed by atoms with Gasteiger partial charge in [-0.05, 0) is 24.3 Å². The molecule has 0 spiro atoms. The molecule has 0 amide bonds. The highest BCUT2D eigenvalue weighted by atomic mass is 16.5. The van der Waals surface area contributed by atoms with Crippen molar-refractivity contribution in [3.8, 4) is 6.07 Å². The topological polar surface area (TPSA) is 101 Å². The number of nitrogens with two attached hydrogens (primary N) is 1. The Bertz CT molecular complexity index is 497. The van der Waals surface area contributed by atoms with E-state index in [1.165, 1.54) is 7.11 Å². The summed E-state index contributed by atoms with van der Waals surface area (Å²) in [5.41, 5.74) is 6.42. The number of aliphatic imine (C=N–C) groups is 2. The second-order valence-electron chi connectivity index (χ2n) is 2.91. The molecule has 0 heterocycles. The molecule has 0 atom stereocenters. The predicted molar refractivity (Wildman–Crippen MR) is 62.9 cm³/mol. The molecule has 17 heavy (non-hydrogen) atoms. The van der Waals surface area contributed by atoms with Gasteiger partial charge in [0, 0.05) is 0 Å². The second kappa shape index (κ2) is 6.02. The summed E-state index contributed by atoms with van der Waals surface area (Å²) < 4.78 is 4.35. The smallest absolute Gasteiger partial charge is 0.373 e. The molecule has 0 aliphatic heterocycles. The SMILES string of the molecule is COC(=O)C(N)=NC=Nc1ccc(C#N)cc1. The molecule has 1 aromatic rings. The zero-order valence-electron chi connectivity index (χ0n) is 9.12. The fraction of sp³-hybridized carbons (Fsp3) is 0.0909. The maximum atomic E-state index is 10.9. The summed E-state index contributed by atoms with van der Waals surface area (Å²) in [6.45, 7) is 0. The van der Waals surface area contributed by atoms with Crippen LogP contribution in [0.15, 0.2) is 34.3 Å². The van der Waals surface area contributed by atoms with Crippen molar-refractivity contribution >= 4 is 23.8 Å². The average molecular weight is 230 g/mol. The minimum Gasteiger partial charge on any atom is -0.463 e. The molecular formula is C11H10N4O2. The molecule has 0 aliphatic carbocycles. The third kappa shape index (κ3) is 3.76. The largest absolute Gasteiger partial charge is 0.463 e. The molecule has 6 heteroatoms. The fourth-order valence-corrected chi connectivity index (χ4v) is 0.937. The van der Waals surface area contributed by atoms with Gasteiger partial charge in [-0.1, -0.05) is 0 Å². The highest BCUT2D eigenvalue weighted by Crippen LogP contribution is 2.11. The van der Waals surface area contributed by atoms with E-state index in [-0.39, 0.29) is 5.84 Å². The van der Waals surface area contributed by atoms with Gasteiger partial charge in [-0.25, -0.2) is 14.8 Å². The molecule has 86 valence electrons. The highest BCUT2D eigenvalue weighted by molar-refractivity contribution is 6.35. The van der Waals surface area contributed by atoms with Gasteiger partial charge in [0.05, 0.1) is 24.4 Å². The minimum absolute atomic E-state index is 0.273. The monoisotopic (exact) mass is 230 g/mol. The molecular weight excluding hydrogens is 220 g/mol. The number of carbonyl (C=O) groups is 1. The third-order valence-electron chi connectivity index (χ3n) is 1.79. The summed E-state index contributed by atoms with van der Waals surface area (Å²) >= 11 is 0. The van der Waals surface area contributed by atoms with Gasteiger partial charge in [0.2, 0.25) is 5.84 Å². The molecule has 6 nitrogen and oxygen atoms in total. The number of nitriles is 1. The fourth-order valence-electron chi connectivity index (χ4n) is 0.937. The average Bonchev–Trinajstić information content (AvgIpc) is 2.38. The van der Waals surface area contributed by atoms with E-state index in [9.17, 15) is 4.79 Å². The van der Waals surface area contributed by atoms with Gasteiger partial charge >= 0.3 is 5.97 Å². The lowest BCUT2D eigenvalue weighted by molar-refractivity contribution is -0.132. The standard InChI is InChI=1S/C11H10N4O2/c1-17-11(16)10(13)15-7-14-9-4-2-8(6-12)3-5-9/h2-5,7H,1H3,(H2,13,14,15). The van der Waals surface area contributed by atoms with Crippen LogP contribution in [-0.4, -0.2) is 25.3 Å². The van der Waals surface area contributed by atoms with Gasteiger partial charge in [-0.3, -0.25) is 0 Å². The summed E-state index contributed by atoms with van der Waals surface area (Å²) in [5, 5.41) is 8.59. The van der Waals surface area contributed by atoms with E-state index in [1.807, 2.05) is 6.07 Å². The second-order valence-corrected chi connectivity index (χ2v) is 2.91. The van der Waals surface area contributed by atoms with E-state index >= 15 is 0 Å². The number of hydrogen-bond donors (Lipinski definition) is 1. The van der Waals surface area contributed by atoms with Crippen LogP contribution in [0.5, 0.6) is 0 Å². The van der Waals surface area contributed by atoms with Crippen molar-refractivity contribution in [3.05, 3.63) is 29.8 Å². The van der Waals surface area contributed by atoms with Crippen LogP contribution in [0, 0.1) is 11.3 Å². The Morgan fingerprint density at radius 3 is 2.65 bits per heavy atom. The Morgan fingerprint density at radius 2 is 2.12 bits per heavy atom. The summed E-state index contributed by atoms with van der Waals surface area (Å²) in [4.78, 5) is 18.4. The first kappa shape index (κ1) is 12.4. The first-order valence-corrected chi connectivity index (χ1v) is 4.61. The predicted octanol–water partition coefficient (Wildman–Crippen LogP) is 0.748. The van der Waals surface area contributed by atoms with Crippen molar-refractivity contribution in [2.24, 2.45) is 15.7 Å². The van der Waals surface area contributed by atoms with E-state index in [0.29, 0.717) is 11.3 Å². The van der Waals surface area contributed by atoms with E-state index in [2.05, 4.69) is 14.7 Å². The molecule has 0 aliphatic rings.